The van der Waals surface area contributed by atoms with Gasteiger partial charge in [0.05, 0.1) is 14.2 Å². The number of nitrogens with one attached hydrogen (secondary N) is 2. The molecule has 0 radical (unpaired) electrons. The number of hydrogen-bond acceptors (Lipinski definition) is 5. The lowest BCUT2D eigenvalue weighted by Gasteiger charge is -2.16. The Labute approximate surface area is 145 Å². The topological polar surface area (TPSA) is 85.9 Å². The van der Waals surface area contributed by atoms with Crippen LogP contribution in [0.1, 0.15) is 17.3 Å². The van der Waals surface area contributed by atoms with Gasteiger partial charge in [0.15, 0.2) is 17.6 Å². The number of carbonyl (C=O) groups excluding carboxylic acids is 2. The van der Waals surface area contributed by atoms with E-state index in [1.807, 2.05) is 0 Å². The van der Waals surface area contributed by atoms with Crippen molar-refractivity contribution in [3.63, 3.8) is 0 Å². The van der Waals surface area contributed by atoms with Gasteiger partial charge in [-0.15, -0.1) is 0 Å². The number of hydrogen-bond donors (Lipinski definition) is 2. The van der Waals surface area contributed by atoms with Gasteiger partial charge in [-0.05, 0) is 43.3 Å². The maximum Gasteiger partial charge on any atom is 0.279 e. The van der Waals surface area contributed by atoms with E-state index in [9.17, 15) is 9.59 Å². The van der Waals surface area contributed by atoms with E-state index >= 15 is 0 Å². The van der Waals surface area contributed by atoms with Crippen LogP contribution >= 0.6 is 0 Å². The Morgan fingerprint density at radius 3 is 2.12 bits per heavy atom. The molecular formula is C18H20N2O5. The fourth-order valence-corrected chi connectivity index (χ4v) is 1.99. The van der Waals surface area contributed by atoms with Crippen molar-refractivity contribution in [1.82, 2.24) is 10.9 Å². The van der Waals surface area contributed by atoms with E-state index in [1.165, 1.54) is 7.11 Å². The van der Waals surface area contributed by atoms with E-state index in [1.54, 1.807) is 62.6 Å². The summed E-state index contributed by atoms with van der Waals surface area (Å²) in [4.78, 5) is 24.1. The number of hydrazine groups is 1. The maximum atomic E-state index is 12.1. The van der Waals surface area contributed by atoms with Gasteiger partial charge in [0, 0.05) is 5.56 Å². The molecule has 0 aliphatic carbocycles. The molecule has 0 heterocycles. The highest BCUT2D eigenvalue weighted by atomic mass is 16.5. The number of benzene rings is 2. The summed E-state index contributed by atoms with van der Waals surface area (Å²) in [5.74, 6) is 0.659. The summed E-state index contributed by atoms with van der Waals surface area (Å²) in [6, 6.07) is 13.5. The van der Waals surface area contributed by atoms with Crippen LogP contribution in [0.5, 0.6) is 17.2 Å². The van der Waals surface area contributed by atoms with Crippen molar-refractivity contribution < 1.29 is 23.8 Å². The molecular weight excluding hydrogens is 324 g/mol. The summed E-state index contributed by atoms with van der Waals surface area (Å²) >= 11 is 0. The fourth-order valence-electron chi connectivity index (χ4n) is 1.99. The molecule has 0 saturated heterocycles. The third kappa shape index (κ3) is 4.87. The fraction of sp³-hybridized carbons (Fsp3) is 0.222. The van der Waals surface area contributed by atoms with Gasteiger partial charge < -0.3 is 14.2 Å². The van der Waals surface area contributed by atoms with Crippen LogP contribution in [-0.2, 0) is 4.79 Å². The zero-order valence-electron chi connectivity index (χ0n) is 14.2. The van der Waals surface area contributed by atoms with Crippen molar-refractivity contribution in [1.29, 1.82) is 0 Å². The molecule has 2 amide bonds. The largest absolute Gasteiger partial charge is 0.497 e. The first kappa shape index (κ1) is 18.1. The number of rotatable bonds is 6. The summed E-state index contributed by atoms with van der Waals surface area (Å²) < 4.78 is 15.8. The zero-order valence-corrected chi connectivity index (χ0v) is 14.2. The van der Waals surface area contributed by atoms with Gasteiger partial charge in [0.25, 0.3) is 11.8 Å². The molecule has 1 unspecified atom stereocenters. The molecule has 1 atom stereocenters. The van der Waals surface area contributed by atoms with Crippen molar-refractivity contribution in [3.8, 4) is 17.2 Å². The van der Waals surface area contributed by atoms with Gasteiger partial charge in [0.2, 0.25) is 0 Å². The minimum atomic E-state index is -0.826. The molecule has 25 heavy (non-hydrogen) atoms. The SMILES string of the molecule is COc1ccc(C(=O)NNC(=O)C(C)Oc2ccccc2OC)cc1. The van der Waals surface area contributed by atoms with Gasteiger partial charge in [-0.3, -0.25) is 20.4 Å². The number of para-hydroxylation sites is 2. The van der Waals surface area contributed by atoms with Gasteiger partial charge in [-0.1, -0.05) is 12.1 Å². The Bertz CT molecular complexity index is 731. The first-order valence-corrected chi connectivity index (χ1v) is 7.59. The van der Waals surface area contributed by atoms with Crippen LogP contribution in [0.25, 0.3) is 0 Å². The maximum absolute atomic E-state index is 12.1. The second-order valence-electron chi connectivity index (χ2n) is 5.08. The third-order valence-corrected chi connectivity index (χ3v) is 3.39. The Hall–Kier alpha value is -3.22. The van der Waals surface area contributed by atoms with Crippen LogP contribution in [0.4, 0.5) is 0 Å². The van der Waals surface area contributed by atoms with Crippen molar-refractivity contribution in [3.05, 3.63) is 54.1 Å². The average Bonchev–Trinajstić information content (AvgIpc) is 2.66. The van der Waals surface area contributed by atoms with Crippen LogP contribution in [0.2, 0.25) is 0 Å². The molecule has 2 rings (SSSR count). The first-order valence-electron chi connectivity index (χ1n) is 7.59. The molecule has 0 aliphatic rings. The summed E-state index contributed by atoms with van der Waals surface area (Å²) in [5.41, 5.74) is 5.06. The third-order valence-electron chi connectivity index (χ3n) is 3.39. The lowest BCUT2D eigenvalue weighted by atomic mass is 10.2. The van der Waals surface area contributed by atoms with Crippen molar-refractivity contribution in [2.45, 2.75) is 13.0 Å². The van der Waals surface area contributed by atoms with E-state index in [4.69, 9.17) is 14.2 Å². The molecule has 2 aromatic carbocycles. The molecule has 0 spiro atoms. The van der Waals surface area contributed by atoms with Crippen molar-refractivity contribution in [2.24, 2.45) is 0 Å². The number of ether oxygens (including phenoxy) is 3. The second kappa shape index (κ2) is 8.58. The molecule has 0 bridgehead atoms. The molecule has 132 valence electrons. The van der Waals surface area contributed by atoms with Crippen LogP contribution in [-0.4, -0.2) is 32.1 Å². The van der Waals surface area contributed by atoms with E-state index in [0.717, 1.165) is 0 Å². The Balaban J connectivity index is 1.89. The Kier molecular flexibility index (Phi) is 6.22. The van der Waals surface area contributed by atoms with Gasteiger partial charge in [-0.25, -0.2) is 0 Å². The second-order valence-corrected chi connectivity index (χ2v) is 5.08. The number of methoxy groups -OCH3 is 2. The minimum absolute atomic E-state index is 0.388. The summed E-state index contributed by atoms with van der Waals surface area (Å²) in [6.45, 7) is 1.57. The van der Waals surface area contributed by atoms with E-state index in [-0.39, 0.29) is 0 Å². The highest BCUT2D eigenvalue weighted by molar-refractivity contribution is 5.95. The van der Waals surface area contributed by atoms with E-state index < -0.39 is 17.9 Å². The van der Waals surface area contributed by atoms with Gasteiger partial charge in [-0.2, -0.15) is 0 Å². The quantitative estimate of drug-likeness (QED) is 0.782. The highest BCUT2D eigenvalue weighted by Crippen LogP contribution is 2.26. The van der Waals surface area contributed by atoms with Gasteiger partial charge >= 0.3 is 0 Å². The van der Waals surface area contributed by atoms with Crippen LogP contribution in [0, 0.1) is 0 Å². The molecule has 0 aliphatic heterocycles. The van der Waals surface area contributed by atoms with Crippen LogP contribution in [0.15, 0.2) is 48.5 Å². The van der Waals surface area contributed by atoms with E-state index in [2.05, 4.69) is 10.9 Å². The molecule has 2 N–H and O–H groups in total. The summed E-state index contributed by atoms with van der Waals surface area (Å²) in [7, 11) is 3.06. The molecule has 0 saturated carbocycles. The lowest BCUT2D eigenvalue weighted by Crippen LogP contribution is -2.47. The molecule has 0 aromatic heterocycles. The Morgan fingerprint density at radius 2 is 1.52 bits per heavy atom. The highest BCUT2D eigenvalue weighted by Gasteiger charge is 2.17. The predicted octanol–water partition coefficient (Wildman–Crippen LogP) is 1.93. The number of carbonyl (C=O) groups is 2. The monoisotopic (exact) mass is 344 g/mol. The average molecular weight is 344 g/mol. The molecule has 2 aromatic rings. The standard InChI is InChI=1S/C18H20N2O5/c1-12(25-16-7-5-4-6-15(16)24-3)17(21)19-20-18(22)13-8-10-14(23-2)11-9-13/h4-12H,1-3H3,(H,19,21)(H,20,22). The molecule has 7 nitrogen and oxygen atoms in total. The normalized spacial score (nSPS) is 11.2. The summed E-state index contributed by atoms with van der Waals surface area (Å²) in [5, 5.41) is 0. The first-order chi connectivity index (χ1) is 12.0. The minimum Gasteiger partial charge on any atom is -0.497 e. The van der Waals surface area contributed by atoms with E-state index in [0.29, 0.717) is 22.8 Å². The Morgan fingerprint density at radius 1 is 0.880 bits per heavy atom. The summed E-state index contributed by atoms with van der Waals surface area (Å²) in [6.07, 6.45) is -0.826. The number of amides is 2. The van der Waals surface area contributed by atoms with Crippen molar-refractivity contribution >= 4 is 11.8 Å². The van der Waals surface area contributed by atoms with Crippen molar-refractivity contribution in [2.75, 3.05) is 14.2 Å². The van der Waals surface area contributed by atoms with Crippen LogP contribution in [0.3, 0.4) is 0 Å². The lowest BCUT2D eigenvalue weighted by molar-refractivity contribution is -0.128. The van der Waals surface area contributed by atoms with Crippen LogP contribution < -0.4 is 25.1 Å². The zero-order chi connectivity index (χ0) is 18.2. The predicted molar refractivity (Wildman–Crippen MR) is 91.7 cm³/mol. The molecule has 0 fully saturated rings. The molecule has 7 heteroatoms. The smallest absolute Gasteiger partial charge is 0.279 e. The van der Waals surface area contributed by atoms with Gasteiger partial charge in [0.1, 0.15) is 5.75 Å².